The zero-order chi connectivity index (χ0) is 21.7. The van der Waals surface area contributed by atoms with E-state index in [0.29, 0.717) is 5.76 Å². The Bertz CT molecular complexity index is 707. The molecule has 0 unspecified atom stereocenters. The third-order valence-electron chi connectivity index (χ3n) is 5.77. The lowest BCUT2D eigenvalue weighted by Gasteiger charge is -2.34. The fourth-order valence-electron chi connectivity index (χ4n) is 3.76. The van der Waals surface area contributed by atoms with E-state index in [1.54, 1.807) is 0 Å². The lowest BCUT2D eigenvalue weighted by Crippen LogP contribution is -2.21. The summed E-state index contributed by atoms with van der Waals surface area (Å²) in [5, 5.41) is 0. The van der Waals surface area contributed by atoms with Crippen LogP contribution >= 0.6 is 0 Å². The van der Waals surface area contributed by atoms with Crippen molar-refractivity contribution >= 4 is 0 Å². The van der Waals surface area contributed by atoms with E-state index in [1.165, 1.54) is 56.9 Å². The molecule has 0 atom stereocenters. The minimum Gasteiger partial charge on any atom is -0.497 e. The molecule has 0 bridgehead atoms. The van der Waals surface area contributed by atoms with Crippen LogP contribution in [0.4, 0.5) is 4.39 Å². The molecule has 1 aliphatic rings. The average Bonchev–Trinajstić information content (AvgIpc) is 2.74. The third kappa shape index (κ3) is 8.85. The first kappa shape index (κ1) is 24.9. The second kappa shape index (κ2) is 13.2. The Balaban J connectivity index is 3.35. The minimum atomic E-state index is -0.357. The van der Waals surface area contributed by atoms with Crippen molar-refractivity contribution in [3.05, 3.63) is 83.5 Å². The number of hydrogen-bond acceptors (Lipinski definition) is 1. The number of ether oxygens (including phenoxy) is 1. The second-order valence-corrected chi connectivity index (χ2v) is 7.86. The lowest BCUT2D eigenvalue weighted by atomic mass is 9.71. The molecule has 0 heterocycles. The van der Waals surface area contributed by atoms with Gasteiger partial charge in [0.25, 0.3) is 0 Å². The molecule has 0 aromatic heterocycles. The molecule has 0 saturated heterocycles. The van der Waals surface area contributed by atoms with Crippen molar-refractivity contribution in [1.82, 2.24) is 0 Å². The molecule has 1 nitrogen and oxygen atoms in total. The summed E-state index contributed by atoms with van der Waals surface area (Å²) in [6.45, 7) is 12.2. The molecule has 29 heavy (non-hydrogen) atoms. The summed E-state index contributed by atoms with van der Waals surface area (Å²) in [4.78, 5) is 0. The maximum absolute atomic E-state index is 14.3. The Hall–Kier alpha value is -2.09. The van der Waals surface area contributed by atoms with Crippen molar-refractivity contribution in [3.8, 4) is 0 Å². The van der Waals surface area contributed by atoms with Gasteiger partial charge in [-0.15, -0.1) is 0 Å². The van der Waals surface area contributed by atoms with Crippen molar-refractivity contribution in [2.24, 2.45) is 5.41 Å². The molecule has 0 N–H and O–H groups in total. The number of hydrogen-bond donors (Lipinski definition) is 0. The highest BCUT2D eigenvalue weighted by Gasteiger charge is 2.28. The third-order valence-corrected chi connectivity index (χ3v) is 5.77. The molecule has 0 aromatic rings. The Morgan fingerprint density at radius 1 is 1.10 bits per heavy atom. The highest BCUT2D eigenvalue weighted by atomic mass is 19.1. The summed E-state index contributed by atoms with van der Waals surface area (Å²) < 4.78 is 19.2. The van der Waals surface area contributed by atoms with Crippen LogP contribution in [0.5, 0.6) is 0 Å². The Labute approximate surface area is 178 Å². The van der Waals surface area contributed by atoms with Crippen LogP contribution < -0.4 is 0 Å². The van der Waals surface area contributed by atoms with Crippen LogP contribution in [0.2, 0.25) is 0 Å². The second-order valence-electron chi connectivity index (χ2n) is 7.86. The van der Waals surface area contributed by atoms with Gasteiger partial charge in [-0.25, -0.2) is 4.39 Å². The SMILES string of the molecule is C=C(/C=C(F)/C=C/C(=C/C1(CC)CCCCC1)C(/C)=C/C(=C\C=C/C)CC)OC. The molecule has 0 spiro atoms. The maximum Gasteiger partial charge on any atom is 0.126 e. The van der Waals surface area contributed by atoms with Gasteiger partial charge < -0.3 is 4.74 Å². The van der Waals surface area contributed by atoms with Crippen molar-refractivity contribution in [1.29, 1.82) is 0 Å². The van der Waals surface area contributed by atoms with Crippen LogP contribution in [-0.2, 0) is 4.74 Å². The molecule has 1 fully saturated rings. The topological polar surface area (TPSA) is 9.23 Å². The van der Waals surface area contributed by atoms with Crippen molar-refractivity contribution in [2.45, 2.75) is 72.6 Å². The highest BCUT2D eigenvalue weighted by Crippen LogP contribution is 2.42. The molecule has 0 aliphatic heterocycles. The molecule has 1 aliphatic carbocycles. The smallest absolute Gasteiger partial charge is 0.126 e. The molecule has 0 radical (unpaired) electrons. The molecule has 2 heteroatoms. The minimum absolute atomic E-state index is 0.211. The Morgan fingerprint density at radius 2 is 1.79 bits per heavy atom. The quantitative estimate of drug-likeness (QED) is 0.264. The Morgan fingerprint density at radius 3 is 2.34 bits per heavy atom. The number of methoxy groups -OCH3 is 1. The molecule has 0 amide bonds. The van der Waals surface area contributed by atoms with Gasteiger partial charge in [-0.2, -0.15) is 0 Å². The molecular weight excluding hydrogens is 359 g/mol. The van der Waals surface area contributed by atoms with Gasteiger partial charge in [-0.1, -0.05) is 76.1 Å². The fraction of sp³-hybridized carbons (Fsp3) is 0.481. The van der Waals surface area contributed by atoms with Crippen LogP contribution in [0.15, 0.2) is 83.5 Å². The number of rotatable bonds is 10. The monoisotopic (exact) mass is 398 g/mol. The van der Waals surface area contributed by atoms with Gasteiger partial charge in [0.1, 0.15) is 11.6 Å². The van der Waals surface area contributed by atoms with Gasteiger partial charge >= 0.3 is 0 Å². The van der Waals surface area contributed by atoms with Crippen molar-refractivity contribution < 1.29 is 9.13 Å². The van der Waals surface area contributed by atoms with E-state index >= 15 is 0 Å². The molecular formula is C27H39FO. The van der Waals surface area contributed by atoms with E-state index in [4.69, 9.17) is 4.74 Å². The lowest BCUT2D eigenvalue weighted by molar-refractivity contribution is 0.248. The van der Waals surface area contributed by atoms with Gasteiger partial charge in [0.15, 0.2) is 0 Å². The first-order valence-corrected chi connectivity index (χ1v) is 10.9. The predicted molar refractivity (Wildman–Crippen MR) is 125 cm³/mol. The first-order chi connectivity index (χ1) is 13.9. The van der Waals surface area contributed by atoms with Crippen LogP contribution in [-0.4, -0.2) is 7.11 Å². The zero-order valence-electron chi connectivity index (χ0n) is 19.1. The van der Waals surface area contributed by atoms with Crippen LogP contribution in [0.1, 0.15) is 72.6 Å². The largest absolute Gasteiger partial charge is 0.497 e. The average molecular weight is 399 g/mol. The first-order valence-electron chi connectivity index (χ1n) is 10.9. The number of allylic oxidation sites excluding steroid dienone is 12. The van der Waals surface area contributed by atoms with E-state index in [2.05, 4.69) is 51.7 Å². The van der Waals surface area contributed by atoms with Gasteiger partial charge in [0, 0.05) is 6.08 Å². The highest BCUT2D eigenvalue weighted by molar-refractivity contribution is 5.45. The van der Waals surface area contributed by atoms with E-state index in [9.17, 15) is 4.39 Å². The Kier molecular flexibility index (Phi) is 11.3. The molecule has 1 rings (SSSR count). The molecule has 1 saturated carbocycles. The standard InChI is InChI=1S/C27H39FO/c1-7-10-14-24(8-2)19-22(4)25(15-16-26(28)20-23(5)29-6)21-27(9-3)17-12-11-13-18-27/h7,10,14-16,19-21H,5,8-9,11-13,17-18H2,1-4,6H3/b10-7-,16-15+,22-19+,24-14-,25-21-,26-20-. The fourth-order valence-corrected chi connectivity index (χ4v) is 3.76. The summed E-state index contributed by atoms with van der Waals surface area (Å²) >= 11 is 0. The van der Waals surface area contributed by atoms with E-state index in [1.807, 2.05) is 19.1 Å². The van der Waals surface area contributed by atoms with Crippen LogP contribution in [0.3, 0.4) is 0 Å². The zero-order valence-corrected chi connectivity index (χ0v) is 19.1. The van der Waals surface area contributed by atoms with Crippen molar-refractivity contribution in [2.75, 3.05) is 7.11 Å². The summed E-state index contributed by atoms with van der Waals surface area (Å²) in [7, 11) is 1.49. The number of halogens is 1. The molecule has 160 valence electrons. The summed E-state index contributed by atoms with van der Waals surface area (Å²) in [5.74, 6) is -0.0466. The summed E-state index contributed by atoms with van der Waals surface area (Å²) in [5.41, 5.74) is 3.73. The van der Waals surface area contributed by atoms with Gasteiger partial charge in [0.2, 0.25) is 0 Å². The van der Waals surface area contributed by atoms with Crippen LogP contribution in [0.25, 0.3) is 0 Å². The van der Waals surface area contributed by atoms with E-state index in [-0.39, 0.29) is 11.2 Å². The predicted octanol–water partition coefficient (Wildman–Crippen LogP) is 8.70. The van der Waals surface area contributed by atoms with E-state index in [0.717, 1.165) is 24.0 Å². The summed E-state index contributed by atoms with van der Waals surface area (Å²) in [6, 6.07) is 0. The van der Waals surface area contributed by atoms with Gasteiger partial charge in [-0.3, -0.25) is 0 Å². The normalized spacial score (nSPS) is 19.2. The van der Waals surface area contributed by atoms with E-state index < -0.39 is 0 Å². The maximum atomic E-state index is 14.3. The molecule has 0 aromatic carbocycles. The summed E-state index contributed by atoms with van der Waals surface area (Å²) in [6.07, 6.45) is 23.9. The van der Waals surface area contributed by atoms with Gasteiger partial charge in [0.05, 0.1) is 7.11 Å². The van der Waals surface area contributed by atoms with Crippen LogP contribution in [0, 0.1) is 5.41 Å². The van der Waals surface area contributed by atoms with Gasteiger partial charge in [-0.05, 0) is 67.7 Å². The van der Waals surface area contributed by atoms with Crippen molar-refractivity contribution in [3.63, 3.8) is 0 Å².